The fraction of sp³-hybridized carbons (Fsp3) is 0.281. The molecule has 3 aromatic carbocycles. The number of hydrogen-bond donors (Lipinski definition) is 4. The van der Waals surface area contributed by atoms with Crippen LogP contribution < -0.4 is 30.7 Å². The molecule has 10 heteroatoms. The standard InChI is InChI=1S/C32H34FN5O4/c1-41-29-18-24-26(12-16-35-28(24)19-30(29)42-20-22-9-13-34-14-10-22)38-27-8-7-23(17-25(27)33)37-32(40)31(39)36-15-11-21-5-3-2-4-6-21/h2-8,12,16-19,22,34H,9-11,13-15,20H2,1H3,(H,35,38)(H,36,39)(H,37,40). The number of piperidine rings is 1. The van der Waals surface area contributed by atoms with E-state index in [1.165, 1.54) is 12.1 Å². The van der Waals surface area contributed by atoms with Gasteiger partial charge < -0.3 is 30.7 Å². The molecule has 218 valence electrons. The third-order valence-corrected chi connectivity index (χ3v) is 7.20. The summed E-state index contributed by atoms with van der Waals surface area (Å²) in [5, 5.41) is 12.2. The third kappa shape index (κ3) is 7.32. The maximum absolute atomic E-state index is 15.1. The molecule has 2 amide bonds. The van der Waals surface area contributed by atoms with E-state index in [0.29, 0.717) is 48.2 Å². The smallest absolute Gasteiger partial charge is 0.313 e. The number of benzene rings is 3. The van der Waals surface area contributed by atoms with E-state index in [9.17, 15) is 9.59 Å². The number of ether oxygens (including phenoxy) is 2. The molecule has 1 aromatic heterocycles. The molecule has 1 fully saturated rings. The summed E-state index contributed by atoms with van der Waals surface area (Å²) in [6.45, 7) is 2.90. The fourth-order valence-electron chi connectivity index (χ4n) is 4.86. The molecule has 1 saturated heterocycles. The number of hydrogen-bond acceptors (Lipinski definition) is 7. The van der Waals surface area contributed by atoms with Crippen LogP contribution in [0, 0.1) is 11.7 Å². The van der Waals surface area contributed by atoms with Crippen molar-refractivity contribution in [1.82, 2.24) is 15.6 Å². The number of fused-ring (bicyclic) bond motifs is 1. The second-order valence-corrected chi connectivity index (χ2v) is 10.1. The van der Waals surface area contributed by atoms with Crippen LogP contribution >= 0.6 is 0 Å². The molecular formula is C32H34FN5O4. The Labute approximate surface area is 243 Å². The maximum atomic E-state index is 15.1. The van der Waals surface area contributed by atoms with Gasteiger partial charge in [0.05, 0.1) is 24.9 Å². The van der Waals surface area contributed by atoms with Crippen molar-refractivity contribution in [3.8, 4) is 11.5 Å². The number of nitrogens with one attached hydrogen (secondary N) is 4. The van der Waals surface area contributed by atoms with Gasteiger partial charge in [0.25, 0.3) is 0 Å². The molecule has 5 rings (SSSR count). The predicted octanol–water partition coefficient (Wildman–Crippen LogP) is 4.80. The minimum Gasteiger partial charge on any atom is -0.493 e. The van der Waals surface area contributed by atoms with E-state index in [1.807, 2.05) is 42.5 Å². The first-order valence-corrected chi connectivity index (χ1v) is 14.0. The molecule has 0 radical (unpaired) electrons. The lowest BCUT2D eigenvalue weighted by molar-refractivity contribution is -0.136. The Morgan fingerprint density at radius 3 is 2.55 bits per heavy atom. The van der Waals surface area contributed by atoms with E-state index in [1.54, 1.807) is 19.4 Å². The summed E-state index contributed by atoms with van der Waals surface area (Å²) in [5.74, 6) is -0.594. The molecule has 4 N–H and O–H groups in total. The van der Waals surface area contributed by atoms with Crippen molar-refractivity contribution in [2.45, 2.75) is 19.3 Å². The van der Waals surface area contributed by atoms with E-state index in [-0.39, 0.29) is 11.4 Å². The van der Waals surface area contributed by atoms with Crippen LogP contribution in [0.4, 0.5) is 21.5 Å². The highest BCUT2D eigenvalue weighted by atomic mass is 19.1. The Hall–Kier alpha value is -4.70. The van der Waals surface area contributed by atoms with Crippen LogP contribution in [0.15, 0.2) is 72.9 Å². The molecule has 0 saturated carbocycles. The first-order chi connectivity index (χ1) is 20.5. The largest absolute Gasteiger partial charge is 0.493 e. The van der Waals surface area contributed by atoms with E-state index < -0.39 is 17.6 Å². The van der Waals surface area contributed by atoms with Crippen LogP contribution in [0.5, 0.6) is 11.5 Å². The average Bonchev–Trinajstić information content (AvgIpc) is 3.02. The van der Waals surface area contributed by atoms with Crippen LogP contribution in [-0.4, -0.2) is 50.1 Å². The molecule has 0 spiro atoms. The number of carbonyl (C=O) groups excluding carboxylic acids is 2. The van der Waals surface area contributed by atoms with Crippen molar-refractivity contribution >= 4 is 39.8 Å². The van der Waals surface area contributed by atoms with Gasteiger partial charge in [-0.1, -0.05) is 30.3 Å². The number of nitrogens with zero attached hydrogens (tertiary/aromatic N) is 1. The molecule has 4 aromatic rings. The number of carbonyl (C=O) groups is 2. The van der Waals surface area contributed by atoms with Gasteiger partial charge in [-0.25, -0.2) is 4.39 Å². The van der Waals surface area contributed by atoms with Gasteiger partial charge in [-0.2, -0.15) is 0 Å². The lowest BCUT2D eigenvalue weighted by Gasteiger charge is -2.23. The van der Waals surface area contributed by atoms with Gasteiger partial charge >= 0.3 is 11.8 Å². The monoisotopic (exact) mass is 571 g/mol. The summed E-state index contributed by atoms with van der Waals surface area (Å²) in [6, 6.07) is 19.2. The van der Waals surface area contributed by atoms with Crippen LogP contribution in [0.25, 0.3) is 10.9 Å². The second-order valence-electron chi connectivity index (χ2n) is 10.1. The van der Waals surface area contributed by atoms with Crippen molar-refractivity contribution in [2.75, 3.05) is 44.0 Å². The molecule has 9 nitrogen and oxygen atoms in total. The number of rotatable bonds is 10. The van der Waals surface area contributed by atoms with Crippen molar-refractivity contribution < 1.29 is 23.5 Å². The van der Waals surface area contributed by atoms with E-state index in [0.717, 1.165) is 42.9 Å². The van der Waals surface area contributed by atoms with E-state index in [2.05, 4.69) is 26.3 Å². The topological polar surface area (TPSA) is 114 Å². The van der Waals surface area contributed by atoms with Crippen molar-refractivity contribution in [3.63, 3.8) is 0 Å². The zero-order valence-electron chi connectivity index (χ0n) is 23.4. The molecule has 0 atom stereocenters. The van der Waals surface area contributed by atoms with E-state index in [4.69, 9.17) is 9.47 Å². The first kappa shape index (κ1) is 28.8. The Bertz CT molecular complexity index is 1540. The average molecular weight is 572 g/mol. The third-order valence-electron chi connectivity index (χ3n) is 7.20. The van der Waals surface area contributed by atoms with Crippen molar-refractivity contribution in [3.05, 3.63) is 84.3 Å². The molecule has 1 aliphatic heterocycles. The van der Waals surface area contributed by atoms with Gasteiger partial charge in [-0.05, 0) is 74.2 Å². The minimum absolute atomic E-state index is 0.165. The normalized spacial score (nSPS) is 13.4. The highest BCUT2D eigenvalue weighted by molar-refractivity contribution is 6.39. The predicted molar refractivity (Wildman–Crippen MR) is 161 cm³/mol. The molecule has 0 bridgehead atoms. The minimum atomic E-state index is -0.867. The molecule has 2 heterocycles. The Balaban J connectivity index is 1.22. The lowest BCUT2D eigenvalue weighted by Crippen LogP contribution is -2.36. The fourth-order valence-corrected chi connectivity index (χ4v) is 4.86. The number of amides is 2. The summed E-state index contributed by atoms with van der Waals surface area (Å²) in [7, 11) is 1.58. The zero-order valence-corrected chi connectivity index (χ0v) is 23.4. The van der Waals surface area contributed by atoms with Crippen molar-refractivity contribution in [1.29, 1.82) is 0 Å². The van der Waals surface area contributed by atoms with Gasteiger partial charge in [0.2, 0.25) is 0 Å². The molecule has 0 aliphatic carbocycles. The highest BCUT2D eigenvalue weighted by Crippen LogP contribution is 2.36. The van der Waals surface area contributed by atoms with Gasteiger partial charge in [0.15, 0.2) is 11.5 Å². The second kappa shape index (κ2) is 13.8. The quantitative estimate of drug-likeness (QED) is 0.202. The number of aromatic nitrogens is 1. The van der Waals surface area contributed by atoms with E-state index >= 15 is 4.39 Å². The summed E-state index contributed by atoms with van der Waals surface area (Å²) in [4.78, 5) is 29.0. The number of halogens is 1. The SMILES string of the molecule is COc1cc2c(Nc3ccc(NC(=O)C(=O)NCCc4ccccc4)cc3F)ccnc2cc1OCC1CCNCC1. The van der Waals surface area contributed by atoms with Crippen LogP contribution in [0.3, 0.4) is 0 Å². The van der Waals surface area contributed by atoms with Crippen molar-refractivity contribution in [2.24, 2.45) is 5.92 Å². The van der Waals surface area contributed by atoms with Gasteiger partial charge in [0.1, 0.15) is 5.82 Å². The number of methoxy groups -OCH3 is 1. The van der Waals surface area contributed by atoms with Gasteiger partial charge in [0, 0.05) is 35.6 Å². The molecule has 0 unspecified atom stereocenters. The first-order valence-electron chi connectivity index (χ1n) is 14.0. The Kier molecular flexibility index (Phi) is 9.45. The maximum Gasteiger partial charge on any atom is 0.313 e. The van der Waals surface area contributed by atoms with Gasteiger partial charge in [-0.3, -0.25) is 14.6 Å². The van der Waals surface area contributed by atoms with Crippen LogP contribution in [-0.2, 0) is 16.0 Å². The molecule has 42 heavy (non-hydrogen) atoms. The molecular weight excluding hydrogens is 537 g/mol. The van der Waals surface area contributed by atoms with Crippen LogP contribution in [0.1, 0.15) is 18.4 Å². The Morgan fingerprint density at radius 1 is 0.976 bits per heavy atom. The summed E-state index contributed by atoms with van der Waals surface area (Å²) in [5.41, 5.74) is 2.70. The zero-order chi connectivity index (χ0) is 29.3. The summed E-state index contributed by atoms with van der Waals surface area (Å²) in [6.07, 6.45) is 4.37. The lowest BCUT2D eigenvalue weighted by atomic mass is 9.99. The summed E-state index contributed by atoms with van der Waals surface area (Å²) >= 11 is 0. The highest BCUT2D eigenvalue weighted by Gasteiger charge is 2.18. The number of anilines is 3. The summed E-state index contributed by atoms with van der Waals surface area (Å²) < 4.78 is 26.8. The molecule has 1 aliphatic rings. The number of pyridine rings is 1. The van der Waals surface area contributed by atoms with Crippen LogP contribution in [0.2, 0.25) is 0 Å². The van der Waals surface area contributed by atoms with Gasteiger partial charge in [-0.15, -0.1) is 0 Å². The Morgan fingerprint density at radius 2 is 1.79 bits per heavy atom.